The van der Waals surface area contributed by atoms with Crippen molar-refractivity contribution in [3.05, 3.63) is 24.0 Å². The Balaban J connectivity index is 2.46. The maximum atomic E-state index is 12.5. The number of aromatic nitrogens is 1. The molecule has 5 heteroatoms. The molecule has 0 saturated carbocycles. The lowest BCUT2D eigenvalue weighted by molar-refractivity contribution is -0.134. The predicted octanol–water partition coefficient (Wildman–Crippen LogP) is 1.41. The molecule has 2 rings (SSSR count). The Labute approximate surface area is 113 Å². The van der Waals surface area contributed by atoms with Gasteiger partial charge in [-0.05, 0) is 31.4 Å². The molecule has 2 heterocycles. The van der Waals surface area contributed by atoms with Gasteiger partial charge in [-0.2, -0.15) is 0 Å². The molecule has 1 N–H and O–H groups in total. The Kier molecular flexibility index (Phi) is 3.83. The second-order valence-electron chi connectivity index (χ2n) is 4.76. The number of carbonyl (C=O) groups is 2. The van der Waals surface area contributed by atoms with Crippen molar-refractivity contribution in [2.75, 3.05) is 4.90 Å². The maximum Gasteiger partial charge on any atom is 0.250 e. The molecular weight excluding hydrogens is 242 g/mol. The summed E-state index contributed by atoms with van der Waals surface area (Å²) in [7, 11) is 0. The quantitative estimate of drug-likeness (QED) is 0.894. The van der Waals surface area contributed by atoms with Crippen LogP contribution in [-0.4, -0.2) is 28.9 Å². The second kappa shape index (κ2) is 5.38. The molecule has 2 amide bonds. The Bertz CT molecular complexity index is 501. The van der Waals surface area contributed by atoms with Gasteiger partial charge in [0.05, 0.1) is 11.9 Å². The summed E-state index contributed by atoms with van der Waals surface area (Å²) in [5.41, 5.74) is 1.68. The van der Waals surface area contributed by atoms with Crippen molar-refractivity contribution < 1.29 is 9.59 Å². The largest absolute Gasteiger partial charge is 0.342 e. The van der Waals surface area contributed by atoms with Crippen LogP contribution in [0.3, 0.4) is 0 Å². The highest BCUT2D eigenvalue weighted by molar-refractivity contribution is 6.08. The number of aryl methyl sites for hydroxylation is 1. The van der Waals surface area contributed by atoms with Gasteiger partial charge in [-0.25, -0.2) is 0 Å². The number of nitrogens with zero attached hydrogens (tertiary/aromatic N) is 2. The van der Waals surface area contributed by atoms with Gasteiger partial charge in [0.15, 0.2) is 0 Å². The first-order valence-electron chi connectivity index (χ1n) is 6.64. The molecule has 2 atom stereocenters. The summed E-state index contributed by atoms with van der Waals surface area (Å²) in [5.74, 6) is -0.137. The molecule has 1 fully saturated rings. The number of rotatable bonds is 3. The number of anilines is 1. The lowest BCUT2D eigenvalue weighted by atomic mass is 10.0. The van der Waals surface area contributed by atoms with Gasteiger partial charge < -0.3 is 5.32 Å². The van der Waals surface area contributed by atoms with Crippen LogP contribution in [0.2, 0.25) is 0 Å². The van der Waals surface area contributed by atoms with Gasteiger partial charge >= 0.3 is 0 Å². The SMILES string of the molecule is CCC1NC(=O)C(CC)N(c2cnccc2C)C1=O. The Morgan fingerprint density at radius 3 is 2.63 bits per heavy atom. The third-order valence-corrected chi connectivity index (χ3v) is 3.53. The molecule has 102 valence electrons. The zero-order chi connectivity index (χ0) is 14.0. The minimum absolute atomic E-state index is 0.0509. The van der Waals surface area contributed by atoms with Crippen LogP contribution in [0.15, 0.2) is 18.5 Å². The average molecular weight is 261 g/mol. The molecule has 0 aliphatic carbocycles. The fourth-order valence-electron chi connectivity index (χ4n) is 2.41. The zero-order valence-corrected chi connectivity index (χ0v) is 11.5. The molecule has 1 aromatic rings. The standard InChI is InChI=1S/C14H19N3O2/c1-4-10-14(19)17(11(5-2)13(18)16-10)12-8-15-7-6-9(12)3/h6-8,10-11H,4-5H2,1-3H3,(H,16,18). The summed E-state index contributed by atoms with van der Waals surface area (Å²) in [6.07, 6.45) is 4.52. The highest BCUT2D eigenvalue weighted by Gasteiger charge is 2.40. The van der Waals surface area contributed by atoms with Gasteiger partial charge in [0.2, 0.25) is 11.8 Å². The number of amides is 2. The third-order valence-electron chi connectivity index (χ3n) is 3.53. The van der Waals surface area contributed by atoms with Gasteiger partial charge in [0.1, 0.15) is 12.1 Å². The van der Waals surface area contributed by atoms with Crippen molar-refractivity contribution >= 4 is 17.5 Å². The Morgan fingerprint density at radius 2 is 2.05 bits per heavy atom. The lowest BCUT2D eigenvalue weighted by Crippen LogP contribution is -2.63. The lowest BCUT2D eigenvalue weighted by Gasteiger charge is -2.38. The molecule has 0 bridgehead atoms. The molecule has 1 aromatic heterocycles. The van der Waals surface area contributed by atoms with E-state index in [1.54, 1.807) is 17.3 Å². The second-order valence-corrected chi connectivity index (χ2v) is 4.76. The van der Waals surface area contributed by atoms with Crippen LogP contribution in [0.5, 0.6) is 0 Å². The van der Waals surface area contributed by atoms with Crippen molar-refractivity contribution in [2.24, 2.45) is 0 Å². The number of carbonyl (C=O) groups excluding carboxylic acids is 2. The van der Waals surface area contributed by atoms with E-state index in [1.165, 1.54) is 0 Å². The molecular formula is C14H19N3O2. The van der Waals surface area contributed by atoms with Crippen molar-refractivity contribution in [3.8, 4) is 0 Å². The highest BCUT2D eigenvalue weighted by atomic mass is 16.2. The molecule has 1 aliphatic rings. The van der Waals surface area contributed by atoms with Gasteiger partial charge in [0, 0.05) is 6.20 Å². The first kappa shape index (κ1) is 13.5. The fraction of sp³-hybridized carbons (Fsp3) is 0.500. The van der Waals surface area contributed by atoms with Crippen molar-refractivity contribution in [3.63, 3.8) is 0 Å². The summed E-state index contributed by atoms with van der Waals surface area (Å²) in [5, 5.41) is 2.79. The normalized spacial score (nSPS) is 23.4. The van der Waals surface area contributed by atoms with E-state index in [2.05, 4.69) is 10.3 Å². The highest BCUT2D eigenvalue weighted by Crippen LogP contribution is 2.26. The summed E-state index contributed by atoms with van der Waals surface area (Å²) in [6, 6.07) is 0.969. The molecule has 0 aromatic carbocycles. The zero-order valence-electron chi connectivity index (χ0n) is 11.5. The summed E-state index contributed by atoms with van der Waals surface area (Å²) < 4.78 is 0. The van der Waals surface area contributed by atoms with Gasteiger partial charge in [-0.1, -0.05) is 13.8 Å². The van der Waals surface area contributed by atoms with Crippen LogP contribution in [0.1, 0.15) is 32.3 Å². The van der Waals surface area contributed by atoms with E-state index in [4.69, 9.17) is 0 Å². The van der Waals surface area contributed by atoms with Crippen LogP contribution in [-0.2, 0) is 9.59 Å². The van der Waals surface area contributed by atoms with Crippen LogP contribution in [0.4, 0.5) is 5.69 Å². The Hall–Kier alpha value is -1.91. The minimum Gasteiger partial charge on any atom is -0.342 e. The van der Waals surface area contributed by atoms with E-state index in [-0.39, 0.29) is 11.8 Å². The molecule has 5 nitrogen and oxygen atoms in total. The summed E-state index contributed by atoms with van der Waals surface area (Å²) in [6.45, 7) is 5.72. The van der Waals surface area contributed by atoms with Crippen molar-refractivity contribution in [2.45, 2.75) is 45.7 Å². The van der Waals surface area contributed by atoms with Crippen LogP contribution < -0.4 is 10.2 Å². The molecule has 19 heavy (non-hydrogen) atoms. The fourth-order valence-corrected chi connectivity index (χ4v) is 2.41. The molecule has 1 saturated heterocycles. The van der Waals surface area contributed by atoms with E-state index < -0.39 is 12.1 Å². The van der Waals surface area contributed by atoms with Gasteiger partial charge in [-0.15, -0.1) is 0 Å². The first-order valence-corrected chi connectivity index (χ1v) is 6.64. The predicted molar refractivity (Wildman–Crippen MR) is 72.8 cm³/mol. The number of hydrogen-bond acceptors (Lipinski definition) is 3. The van der Waals surface area contributed by atoms with Crippen molar-refractivity contribution in [1.82, 2.24) is 10.3 Å². The van der Waals surface area contributed by atoms with Gasteiger partial charge in [-0.3, -0.25) is 19.5 Å². The van der Waals surface area contributed by atoms with E-state index >= 15 is 0 Å². The van der Waals surface area contributed by atoms with E-state index in [1.807, 2.05) is 26.8 Å². The minimum atomic E-state index is -0.446. The van der Waals surface area contributed by atoms with Crippen LogP contribution >= 0.6 is 0 Å². The molecule has 0 radical (unpaired) electrons. The van der Waals surface area contributed by atoms with E-state index in [9.17, 15) is 9.59 Å². The molecule has 2 unspecified atom stereocenters. The number of piperazine rings is 1. The van der Waals surface area contributed by atoms with Crippen LogP contribution in [0, 0.1) is 6.92 Å². The molecule has 0 spiro atoms. The topological polar surface area (TPSA) is 62.3 Å². The molecule has 1 aliphatic heterocycles. The van der Waals surface area contributed by atoms with Crippen molar-refractivity contribution in [1.29, 1.82) is 0 Å². The summed E-state index contributed by atoms with van der Waals surface area (Å²) >= 11 is 0. The van der Waals surface area contributed by atoms with E-state index in [0.717, 1.165) is 11.3 Å². The number of pyridine rings is 1. The third kappa shape index (κ3) is 2.32. The average Bonchev–Trinajstić information content (AvgIpc) is 2.41. The summed E-state index contributed by atoms with van der Waals surface area (Å²) in [4.78, 5) is 30.3. The smallest absolute Gasteiger partial charge is 0.250 e. The number of nitrogens with one attached hydrogen (secondary N) is 1. The van der Waals surface area contributed by atoms with E-state index in [0.29, 0.717) is 12.8 Å². The van der Waals surface area contributed by atoms with Gasteiger partial charge in [0.25, 0.3) is 0 Å². The monoisotopic (exact) mass is 261 g/mol. The van der Waals surface area contributed by atoms with Crippen LogP contribution in [0.25, 0.3) is 0 Å². The Morgan fingerprint density at radius 1 is 1.32 bits per heavy atom. The maximum absolute atomic E-state index is 12.5. The number of hydrogen-bond donors (Lipinski definition) is 1. The first-order chi connectivity index (χ1) is 9.10.